The summed E-state index contributed by atoms with van der Waals surface area (Å²) >= 11 is 1.71. The van der Waals surface area contributed by atoms with Crippen LogP contribution in [-0.4, -0.2) is 18.3 Å². The summed E-state index contributed by atoms with van der Waals surface area (Å²) in [5, 5.41) is 10.5. The zero-order valence-corrected chi connectivity index (χ0v) is 17.5. The van der Waals surface area contributed by atoms with Gasteiger partial charge in [0.15, 0.2) is 0 Å². The highest BCUT2D eigenvalue weighted by Gasteiger charge is 2.44. The quantitative estimate of drug-likeness (QED) is 0.668. The molecular formula is C23H30O4S. The summed E-state index contributed by atoms with van der Waals surface area (Å²) in [6.07, 6.45) is 9.18. The molecule has 0 atom stereocenters. The predicted molar refractivity (Wildman–Crippen MR) is 111 cm³/mol. The summed E-state index contributed by atoms with van der Waals surface area (Å²) in [7, 11) is 0. The molecule has 1 saturated heterocycles. The van der Waals surface area contributed by atoms with Gasteiger partial charge in [-0.15, -0.1) is 11.3 Å². The van der Waals surface area contributed by atoms with E-state index in [0.717, 1.165) is 50.2 Å². The van der Waals surface area contributed by atoms with E-state index in [1.165, 1.54) is 24.1 Å². The zero-order valence-electron chi connectivity index (χ0n) is 16.7. The lowest BCUT2D eigenvalue weighted by atomic mass is 9.84. The summed E-state index contributed by atoms with van der Waals surface area (Å²) in [4.78, 5) is 15.0. The molecule has 1 saturated carbocycles. The Hall–Kier alpha value is -1.59. The van der Waals surface area contributed by atoms with Crippen molar-refractivity contribution in [2.75, 3.05) is 13.2 Å². The number of hydrogen-bond donors (Lipinski definition) is 1. The fraction of sp³-hybridized carbons (Fsp3) is 0.609. The Morgan fingerprint density at radius 3 is 2.64 bits per heavy atom. The molecule has 2 aliphatic rings. The lowest BCUT2D eigenvalue weighted by Crippen LogP contribution is -2.20. The van der Waals surface area contributed by atoms with Gasteiger partial charge in [-0.25, -0.2) is 4.79 Å². The van der Waals surface area contributed by atoms with Crippen LogP contribution in [0.1, 0.15) is 66.5 Å². The number of aromatic hydroxyl groups is 1. The van der Waals surface area contributed by atoms with Crippen molar-refractivity contribution >= 4 is 11.3 Å². The number of hydrogen-bond acceptors (Lipinski definition) is 5. The Labute approximate surface area is 170 Å². The van der Waals surface area contributed by atoms with Gasteiger partial charge in [-0.3, -0.25) is 0 Å². The summed E-state index contributed by atoms with van der Waals surface area (Å²) < 4.78 is 11.1. The molecule has 0 radical (unpaired) electrons. The second kappa shape index (κ2) is 8.42. The molecule has 3 heterocycles. The highest BCUT2D eigenvalue weighted by atomic mass is 32.1. The maximum absolute atomic E-state index is 12.6. The minimum atomic E-state index is -0.387. The fourth-order valence-corrected chi connectivity index (χ4v) is 5.57. The van der Waals surface area contributed by atoms with Crippen LogP contribution < -0.4 is 5.63 Å². The number of ether oxygens (including phenoxy) is 1. The van der Waals surface area contributed by atoms with E-state index in [0.29, 0.717) is 23.7 Å². The third-order valence-electron chi connectivity index (χ3n) is 6.21. The summed E-state index contributed by atoms with van der Waals surface area (Å²) in [5.41, 5.74) is 0.250. The zero-order chi connectivity index (χ0) is 19.6. The highest BCUT2D eigenvalue weighted by molar-refractivity contribution is 7.12. The van der Waals surface area contributed by atoms with Crippen LogP contribution in [0, 0.1) is 11.3 Å². The van der Waals surface area contributed by atoms with Crippen LogP contribution in [0.4, 0.5) is 0 Å². The van der Waals surface area contributed by atoms with E-state index < -0.39 is 0 Å². The van der Waals surface area contributed by atoms with Gasteiger partial charge in [-0.05, 0) is 62.0 Å². The number of thiophene rings is 1. The molecule has 4 rings (SSSR count). The monoisotopic (exact) mass is 402 g/mol. The van der Waals surface area contributed by atoms with Crippen molar-refractivity contribution in [3.63, 3.8) is 0 Å². The molecule has 2 fully saturated rings. The van der Waals surface area contributed by atoms with Crippen molar-refractivity contribution in [1.29, 1.82) is 0 Å². The lowest BCUT2D eigenvalue weighted by Gasteiger charge is -2.26. The van der Waals surface area contributed by atoms with Gasteiger partial charge < -0.3 is 14.3 Å². The predicted octanol–water partition coefficient (Wildman–Crippen LogP) is 5.09. The third-order valence-corrected chi connectivity index (χ3v) is 7.36. The first-order valence-electron chi connectivity index (χ1n) is 10.6. The summed E-state index contributed by atoms with van der Waals surface area (Å²) in [6.45, 7) is 3.90. The minimum Gasteiger partial charge on any atom is -0.507 e. The van der Waals surface area contributed by atoms with Crippen LogP contribution in [0.15, 0.2) is 27.4 Å². The minimum absolute atomic E-state index is 0.0820. The molecule has 1 aliphatic carbocycles. The third kappa shape index (κ3) is 4.69. The molecule has 0 unspecified atom stereocenters. The lowest BCUT2D eigenvalue weighted by molar-refractivity contribution is 0.0565. The van der Waals surface area contributed by atoms with Crippen LogP contribution in [0.2, 0.25) is 0 Å². The first-order chi connectivity index (χ1) is 13.6. The Bertz CT molecular complexity index is 856. The van der Waals surface area contributed by atoms with Gasteiger partial charge in [0.05, 0.1) is 5.56 Å². The van der Waals surface area contributed by atoms with Gasteiger partial charge in [0.2, 0.25) is 0 Å². The molecule has 0 bridgehead atoms. The molecule has 4 nitrogen and oxygen atoms in total. The molecule has 28 heavy (non-hydrogen) atoms. The van der Waals surface area contributed by atoms with E-state index in [4.69, 9.17) is 9.15 Å². The van der Waals surface area contributed by atoms with Gasteiger partial charge >= 0.3 is 5.63 Å². The Balaban J connectivity index is 1.44. The van der Waals surface area contributed by atoms with Gasteiger partial charge in [0, 0.05) is 41.9 Å². The first kappa shape index (κ1) is 19.7. The van der Waals surface area contributed by atoms with Crippen LogP contribution >= 0.6 is 11.3 Å². The molecule has 0 amide bonds. The molecule has 5 heteroatoms. The second-order valence-electron chi connectivity index (χ2n) is 8.60. The Morgan fingerprint density at radius 1 is 1.21 bits per heavy atom. The Kier molecular flexibility index (Phi) is 5.93. The largest absolute Gasteiger partial charge is 0.507 e. The van der Waals surface area contributed by atoms with Crippen molar-refractivity contribution in [3.8, 4) is 5.75 Å². The van der Waals surface area contributed by atoms with Crippen LogP contribution in [0.3, 0.4) is 0 Å². The van der Waals surface area contributed by atoms with Crippen molar-refractivity contribution in [1.82, 2.24) is 0 Å². The highest BCUT2D eigenvalue weighted by Crippen LogP contribution is 2.54. The Morgan fingerprint density at radius 2 is 1.96 bits per heavy atom. The summed E-state index contributed by atoms with van der Waals surface area (Å²) in [6, 6.07) is 5.85. The van der Waals surface area contributed by atoms with Gasteiger partial charge in [0.25, 0.3) is 0 Å². The van der Waals surface area contributed by atoms with Gasteiger partial charge in [-0.1, -0.05) is 13.3 Å². The van der Waals surface area contributed by atoms with E-state index in [1.54, 1.807) is 17.4 Å². The van der Waals surface area contributed by atoms with Crippen LogP contribution in [-0.2, 0) is 24.0 Å². The smallest absolute Gasteiger partial charge is 0.343 e. The maximum atomic E-state index is 12.6. The van der Waals surface area contributed by atoms with E-state index in [2.05, 4.69) is 19.1 Å². The fourth-order valence-electron chi connectivity index (χ4n) is 4.44. The molecule has 0 spiro atoms. The number of aryl methyl sites for hydroxylation is 1. The average molecular weight is 403 g/mol. The van der Waals surface area contributed by atoms with E-state index in [1.807, 2.05) is 0 Å². The molecular weight excluding hydrogens is 372 g/mol. The van der Waals surface area contributed by atoms with Crippen LogP contribution in [0.25, 0.3) is 0 Å². The van der Waals surface area contributed by atoms with E-state index >= 15 is 0 Å². The van der Waals surface area contributed by atoms with E-state index in [9.17, 15) is 9.90 Å². The van der Waals surface area contributed by atoms with Crippen molar-refractivity contribution in [2.24, 2.45) is 11.3 Å². The van der Waals surface area contributed by atoms with Crippen molar-refractivity contribution in [2.45, 2.75) is 64.7 Å². The first-order valence-corrected chi connectivity index (χ1v) is 11.4. The van der Waals surface area contributed by atoms with Crippen molar-refractivity contribution in [3.05, 3.63) is 49.7 Å². The maximum Gasteiger partial charge on any atom is 0.343 e. The molecule has 1 N–H and O–H groups in total. The van der Waals surface area contributed by atoms with Gasteiger partial charge in [0.1, 0.15) is 11.5 Å². The number of rotatable bonds is 8. The summed E-state index contributed by atoms with van der Waals surface area (Å²) in [5.74, 6) is 1.43. The SMILES string of the molecule is CCCc1ccc(Cc2c(O)cc(CC3(CC4CCOCC4)CC3)oc2=O)s1. The normalized spacial score (nSPS) is 19.0. The van der Waals surface area contributed by atoms with Crippen molar-refractivity contribution < 1.29 is 14.3 Å². The van der Waals surface area contributed by atoms with Crippen LogP contribution in [0.5, 0.6) is 5.75 Å². The molecule has 1 aliphatic heterocycles. The average Bonchev–Trinajstić information content (AvgIpc) is 3.26. The topological polar surface area (TPSA) is 59.7 Å². The second-order valence-corrected chi connectivity index (χ2v) is 9.85. The molecule has 0 aromatic carbocycles. The molecule has 152 valence electrons. The van der Waals surface area contributed by atoms with Gasteiger partial charge in [-0.2, -0.15) is 0 Å². The molecule has 2 aromatic heterocycles. The van der Waals surface area contributed by atoms with E-state index in [-0.39, 0.29) is 16.8 Å². The standard InChI is InChI=1S/C23H30O4S/c1-2-3-18-4-5-19(28-18)13-20-21(24)12-17(27-22(20)25)15-23(8-9-23)14-16-6-10-26-11-7-16/h4-5,12,16,24H,2-3,6-11,13-15H2,1H3. The molecule has 2 aromatic rings.